The second kappa shape index (κ2) is 6.95. The van der Waals surface area contributed by atoms with E-state index in [0.29, 0.717) is 12.1 Å². The average molecular weight is 306 g/mol. The third-order valence-electron chi connectivity index (χ3n) is 4.44. The summed E-state index contributed by atoms with van der Waals surface area (Å²) in [6.45, 7) is 7.05. The molecule has 1 fully saturated rings. The van der Waals surface area contributed by atoms with Gasteiger partial charge in [-0.1, -0.05) is 42.5 Å². The fourth-order valence-electron chi connectivity index (χ4n) is 3.05. The van der Waals surface area contributed by atoms with Crippen LogP contribution in [-0.4, -0.2) is 30.2 Å². The Kier molecular flexibility index (Phi) is 4.76. The molecule has 1 aliphatic rings. The van der Waals surface area contributed by atoms with E-state index in [0.717, 1.165) is 36.4 Å². The number of nitrogens with zero attached hydrogens (tertiary/aromatic N) is 2. The quantitative estimate of drug-likeness (QED) is 0.864. The molecule has 2 atom stereocenters. The highest BCUT2D eigenvalue weighted by Gasteiger charge is 2.23. The molecule has 0 aliphatic carbocycles. The Morgan fingerprint density at radius 3 is 2.61 bits per heavy atom. The highest BCUT2D eigenvalue weighted by Crippen LogP contribution is 2.24. The summed E-state index contributed by atoms with van der Waals surface area (Å²) >= 11 is 0. The lowest BCUT2D eigenvalue weighted by molar-refractivity contribution is -0.0526. The van der Waals surface area contributed by atoms with Gasteiger partial charge in [-0.15, -0.1) is 0 Å². The lowest BCUT2D eigenvalue weighted by Crippen LogP contribution is -2.46. The minimum Gasteiger partial charge on any atom is -0.376 e. The van der Waals surface area contributed by atoms with E-state index >= 15 is 0 Å². The molecule has 0 saturated carbocycles. The van der Waals surface area contributed by atoms with Crippen LogP contribution >= 0.6 is 0 Å². The summed E-state index contributed by atoms with van der Waals surface area (Å²) in [5.74, 6) is 0. The fraction of sp³-hybridized carbons (Fsp3) is 0.350. The third-order valence-corrected chi connectivity index (χ3v) is 4.44. The first-order valence-corrected chi connectivity index (χ1v) is 8.11. The Morgan fingerprint density at radius 2 is 1.87 bits per heavy atom. The van der Waals surface area contributed by atoms with Crippen molar-refractivity contribution in [3.63, 3.8) is 0 Å². The fourth-order valence-corrected chi connectivity index (χ4v) is 3.05. The van der Waals surface area contributed by atoms with Crippen LogP contribution in [0, 0.1) is 11.3 Å². The Labute approximate surface area is 138 Å². The van der Waals surface area contributed by atoms with Gasteiger partial charge >= 0.3 is 0 Å². The third kappa shape index (κ3) is 3.61. The van der Waals surface area contributed by atoms with Crippen LogP contribution in [0.25, 0.3) is 11.1 Å². The summed E-state index contributed by atoms with van der Waals surface area (Å²) in [7, 11) is 0. The maximum Gasteiger partial charge on any atom is 0.0998 e. The van der Waals surface area contributed by atoms with Gasteiger partial charge in [0.05, 0.1) is 24.3 Å². The smallest absolute Gasteiger partial charge is 0.0998 e. The molecule has 1 saturated heterocycles. The van der Waals surface area contributed by atoms with Crippen LogP contribution in [0.1, 0.15) is 25.0 Å². The molecule has 3 heteroatoms. The zero-order chi connectivity index (χ0) is 16.2. The predicted molar refractivity (Wildman–Crippen MR) is 91.9 cm³/mol. The predicted octanol–water partition coefficient (Wildman–Crippen LogP) is 3.83. The van der Waals surface area contributed by atoms with E-state index in [4.69, 9.17) is 4.74 Å². The Bertz CT molecular complexity index is 702. The number of rotatable bonds is 3. The van der Waals surface area contributed by atoms with Crippen molar-refractivity contribution in [2.45, 2.75) is 32.5 Å². The average Bonchev–Trinajstić information content (AvgIpc) is 2.59. The molecule has 2 aromatic rings. The number of hydrogen-bond donors (Lipinski definition) is 0. The van der Waals surface area contributed by atoms with Crippen LogP contribution in [0.15, 0.2) is 48.5 Å². The van der Waals surface area contributed by atoms with Gasteiger partial charge in [0.15, 0.2) is 0 Å². The first kappa shape index (κ1) is 15.7. The van der Waals surface area contributed by atoms with Crippen molar-refractivity contribution >= 4 is 0 Å². The van der Waals surface area contributed by atoms with Gasteiger partial charge in [-0.3, -0.25) is 4.90 Å². The SMILES string of the molecule is C[C@@H]1CN(Cc2ccc(-c3ccccc3C#N)cc2)[C@@H](C)CO1. The second-order valence-corrected chi connectivity index (χ2v) is 6.28. The molecule has 0 radical (unpaired) electrons. The van der Waals surface area contributed by atoms with Crippen LogP contribution < -0.4 is 0 Å². The molecular formula is C20H22N2O. The maximum atomic E-state index is 9.24. The molecule has 1 heterocycles. The standard InChI is InChI=1S/C20H22N2O/c1-15-14-23-16(2)12-22(15)13-17-7-9-18(10-8-17)20-6-4-3-5-19(20)11-21/h3-10,15-16H,12-14H2,1-2H3/t15-,16+/m0/s1. The van der Waals surface area contributed by atoms with Crippen molar-refractivity contribution in [2.24, 2.45) is 0 Å². The lowest BCUT2D eigenvalue weighted by atomic mass is 9.99. The lowest BCUT2D eigenvalue weighted by Gasteiger charge is -2.36. The van der Waals surface area contributed by atoms with Crippen molar-refractivity contribution in [1.82, 2.24) is 4.90 Å². The Morgan fingerprint density at radius 1 is 1.13 bits per heavy atom. The second-order valence-electron chi connectivity index (χ2n) is 6.28. The van der Waals surface area contributed by atoms with E-state index in [1.807, 2.05) is 24.3 Å². The normalized spacial score (nSPS) is 21.8. The van der Waals surface area contributed by atoms with Crippen LogP contribution in [0.3, 0.4) is 0 Å². The van der Waals surface area contributed by atoms with E-state index in [1.165, 1.54) is 5.56 Å². The van der Waals surface area contributed by atoms with Gasteiger partial charge in [-0.05, 0) is 36.6 Å². The van der Waals surface area contributed by atoms with Gasteiger partial charge in [0.1, 0.15) is 0 Å². The summed E-state index contributed by atoms with van der Waals surface area (Å²) in [6, 6.07) is 19.0. The van der Waals surface area contributed by atoms with Crippen molar-refractivity contribution in [3.8, 4) is 17.2 Å². The van der Waals surface area contributed by atoms with Gasteiger partial charge in [-0.2, -0.15) is 5.26 Å². The topological polar surface area (TPSA) is 36.3 Å². The summed E-state index contributed by atoms with van der Waals surface area (Å²) in [5, 5.41) is 9.24. The summed E-state index contributed by atoms with van der Waals surface area (Å²) < 4.78 is 5.69. The van der Waals surface area contributed by atoms with E-state index in [9.17, 15) is 5.26 Å². The zero-order valence-corrected chi connectivity index (χ0v) is 13.7. The van der Waals surface area contributed by atoms with Crippen LogP contribution in [0.4, 0.5) is 0 Å². The number of benzene rings is 2. The molecule has 1 aliphatic heterocycles. The van der Waals surface area contributed by atoms with Crippen molar-refractivity contribution in [2.75, 3.05) is 13.2 Å². The molecule has 2 aromatic carbocycles. The molecule has 0 N–H and O–H groups in total. The van der Waals surface area contributed by atoms with E-state index < -0.39 is 0 Å². The molecule has 0 unspecified atom stereocenters. The van der Waals surface area contributed by atoms with Gasteiger partial charge in [0, 0.05) is 19.1 Å². The van der Waals surface area contributed by atoms with Crippen molar-refractivity contribution in [3.05, 3.63) is 59.7 Å². The monoisotopic (exact) mass is 306 g/mol. The first-order valence-electron chi connectivity index (χ1n) is 8.11. The van der Waals surface area contributed by atoms with E-state index in [1.54, 1.807) is 0 Å². The maximum absolute atomic E-state index is 9.24. The number of hydrogen-bond acceptors (Lipinski definition) is 3. The summed E-state index contributed by atoms with van der Waals surface area (Å²) in [5.41, 5.74) is 4.10. The molecule has 118 valence electrons. The van der Waals surface area contributed by atoms with Crippen LogP contribution in [0.5, 0.6) is 0 Å². The molecule has 3 nitrogen and oxygen atoms in total. The molecule has 0 amide bonds. The van der Waals surface area contributed by atoms with E-state index in [2.05, 4.69) is 49.1 Å². The first-order chi connectivity index (χ1) is 11.2. The largest absolute Gasteiger partial charge is 0.376 e. The minimum absolute atomic E-state index is 0.299. The van der Waals surface area contributed by atoms with Crippen LogP contribution in [-0.2, 0) is 11.3 Å². The molecule has 23 heavy (non-hydrogen) atoms. The molecule has 0 spiro atoms. The van der Waals surface area contributed by atoms with Crippen molar-refractivity contribution in [1.29, 1.82) is 5.26 Å². The van der Waals surface area contributed by atoms with Crippen molar-refractivity contribution < 1.29 is 4.74 Å². The number of morpholine rings is 1. The highest BCUT2D eigenvalue weighted by molar-refractivity contribution is 5.70. The number of ether oxygens (including phenoxy) is 1. The van der Waals surface area contributed by atoms with Gasteiger partial charge in [0.25, 0.3) is 0 Å². The number of nitriles is 1. The van der Waals surface area contributed by atoms with Gasteiger partial charge < -0.3 is 4.74 Å². The summed E-state index contributed by atoms with van der Waals surface area (Å²) in [4.78, 5) is 2.46. The zero-order valence-electron chi connectivity index (χ0n) is 13.7. The minimum atomic E-state index is 0.299. The van der Waals surface area contributed by atoms with Gasteiger partial charge in [0.2, 0.25) is 0 Å². The van der Waals surface area contributed by atoms with E-state index in [-0.39, 0.29) is 0 Å². The molecule has 3 rings (SSSR count). The Balaban J connectivity index is 1.76. The summed E-state index contributed by atoms with van der Waals surface area (Å²) in [6.07, 6.45) is 0.299. The molecule has 0 aromatic heterocycles. The van der Waals surface area contributed by atoms with Crippen LogP contribution in [0.2, 0.25) is 0 Å². The molecular weight excluding hydrogens is 284 g/mol. The Hall–Kier alpha value is -2.15. The van der Waals surface area contributed by atoms with Gasteiger partial charge in [-0.25, -0.2) is 0 Å². The highest BCUT2D eigenvalue weighted by atomic mass is 16.5. The molecule has 0 bridgehead atoms.